The van der Waals surface area contributed by atoms with Gasteiger partial charge >= 0.3 is 0 Å². The lowest BCUT2D eigenvalue weighted by molar-refractivity contribution is -0.124. The molecule has 0 aromatic carbocycles. The van der Waals surface area contributed by atoms with Crippen LogP contribution in [0.5, 0.6) is 0 Å². The highest BCUT2D eigenvalue weighted by molar-refractivity contribution is 7.80. The summed E-state index contributed by atoms with van der Waals surface area (Å²) in [5.41, 5.74) is 6.11. The number of rotatable bonds is 4. The Morgan fingerprint density at radius 3 is 2.17 bits per heavy atom. The lowest BCUT2D eigenvalue weighted by Gasteiger charge is -2.57. The van der Waals surface area contributed by atoms with Crippen molar-refractivity contribution in [3.63, 3.8) is 0 Å². The van der Waals surface area contributed by atoms with E-state index in [0.29, 0.717) is 11.2 Å². The maximum atomic E-state index is 11.8. The summed E-state index contributed by atoms with van der Waals surface area (Å²) in [6, 6.07) is -0.456. The van der Waals surface area contributed by atoms with E-state index in [2.05, 4.69) is 17.9 Å². The minimum absolute atomic E-state index is 0.0271. The van der Waals surface area contributed by atoms with Crippen molar-refractivity contribution in [1.82, 2.24) is 5.32 Å². The first kappa shape index (κ1) is 12.8. The van der Waals surface area contributed by atoms with Crippen molar-refractivity contribution in [2.75, 3.05) is 12.3 Å². The quantitative estimate of drug-likeness (QED) is 0.678. The van der Waals surface area contributed by atoms with Crippen LogP contribution in [0.4, 0.5) is 0 Å². The number of amides is 1. The second kappa shape index (κ2) is 4.71. The largest absolute Gasteiger partial charge is 0.354 e. The van der Waals surface area contributed by atoms with E-state index in [1.165, 1.54) is 38.5 Å². The van der Waals surface area contributed by atoms with Crippen molar-refractivity contribution in [1.29, 1.82) is 0 Å². The van der Waals surface area contributed by atoms with Gasteiger partial charge in [-0.1, -0.05) is 0 Å². The van der Waals surface area contributed by atoms with Crippen molar-refractivity contribution >= 4 is 18.5 Å². The Bertz CT molecular complexity index is 309. The average molecular weight is 268 g/mol. The van der Waals surface area contributed by atoms with Crippen LogP contribution in [-0.2, 0) is 4.79 Å². The lowest BCUT2D eigenvalue weighted by Crippen LogP contribution is -2.53. The van der Waals surface area contributed by atoms with Crippen LogP contribution in [0.2, 0.25) is 0 Å². The Morgan fingerprint density at radius 1 is 1.22 bits per heavy atom. The summed E-state index contributed by atoms with van der Waals surface area (Å²) >= 11 is 4.08. The molecule has 4 fully saturated rings. The smallest absolute Gasteiger partial charge is 0.237 e. The monoisotopic (exact) mass is 268 g/mol. The number of thiol groups is 1. The van der Waals surface area contributed by atoms with Crippen LogP contribution >= 0.6 is 12.6 Å². The van der Waals surface area contributed by atoms with Crippen LogP contribution in [-0.4, -0.2) is 24.2 Å². The van der Waals surface area contributed by atoms with Gasteiger partial charge in [0.25, 0.3) is 0 Å². The van der Waals surface area contributed by atoms with Gasteiger partial charge in [0, 0.05) is 12.3 Å². The number of nitrogens with one attached hydrogen (secondary N) is 1. The molecule has 0 aliphatic heterocycles. The zero-order chi connectivity index (χ0) is 12.8. The van der Waals surface area contributed by atoms with Crippen LogP contribution in [0.3, 0.4) is 0 Å². The molecule has 3 N–H and O–H groups in total. The lowest BCUT2D eigenvalue weighted by atomic mass is 9.49. The summed E-state index contributed by atoms with van der Waals surface area (Å²) in [6.45, 7) is 0.844. The van der Waals surface area contributed by atoms with Gasteiger partial charge in [-0.15, -0.1) is 0 Å². The molecular weight excluding hydrogens is 244 g/mol. The summed E-state index contributed by atoms with van der Waals surface area (Å²) in [5.74, 6) is 3.21. The highest BCUT2D eigenvalue weighted by Crippen LogP contribution is 2.59. The van der Waals surface area contributed by atoms with E-state index < -0.39 is 6.04 Å². The van der Waals surface area contributed by atoms with Gasteiger partial charge in [-0.05, 0) is 61.7 Å². The Labute approximate surface area is 115 Å². The molecule has 0 aromatic rings. The van der Waals surface area contributed by atoms with Gasteiger partial charge < -0.3 is 11.1 Å². The predicted molar refractivity (Wildman–Crippen MR) is 75.4 cm³/mol. The fraction of sp³-hybridized carbons (Fsp3) is 0.929. The summed E-state index contributed by atoms with van der Waals surface area (Å²) in [5, 5.41) is 3.08. The molecule has 0 saturated heterocycles. The molecule has 1 unspecified atom stereocenters. The van der Waals surface area contributed by atoms with E-state index in [1.54, 1.807) is 0 Å². The summed E-state index contributed by atoms with van der Waals surface area (Å²) < 4.78 is 0. The van der Waals surface area contributed by atoms with Crippen molar-refractivity contribution < 1.29 is 4.79 Å². The molecule has 1 atom stereocenters. The maximum Gasteiger partial charge on any atom is 0.237 e. The van der Waals surface area contributed by atoms with E-state index in [0.717, 1.165) is 24.3 Å². The minimum atomic E-state index is -0.456. The number of carbonyl (C=O) groups excluding carboxylic acids is 1. The SMILES string of the molecule is NC(CS)C(=O)NCC12CC3CC(CC(C3)C1)C2. The summed E-state index contributed by atoms with van der Waals surface area (Å²) in [6.07, 6.45) is 8.33. The fourth-order valence-electron chi connectivity index (χ4n) is 5.00. The average Bonchev–Trinajstić information content (AvgIpc) is 2.33. The topological polar surface area (TPSA) is 55.1 Å². The second-order valence-corrected chi connectivity index (χ2v) is 7.29. The molecule has 18 heavy (non-hydrogen) atoms. The molecule has 4 aliphatic carbocycles. The minimum Gasteiger partial charge on any atom is -0.354 e. The molecule has 0 spiro atoms. The number of hydrogen-bond acceptors (Lipinski definition) is 3. The van der Waals surface area contributed by atoms with Gasteiger partial charge in [0.15, 0.2) is 0 Å². The summed E-state index contributed by atoms with van der Waals surface area (Å²) in [4.78, 5) is 11.8. The second-order valence-electron chi connectivity index (χ2n) is 6.92. The zero-order valence-electron chi connectivity index (χ0n) is 10.9. The molecular formula is C14H24N2OS. The highest BCUT2D eigenvalue weighted by Gasteiger charge is 2.50. The molecule has 0 heterocycles. The molecule has 1 amide bonds. The van der Waals surface area contributed by atoms with E-state index >= 15 is 0 Å². The standard InChI is InChI=1S/C14H24N2OS/c15-12(7-18)13(17)16-8-14-4-9-1-10(5-14)3-11(2-9)6-14/h9-12,18H,1-8,15H2,(H,16,17). The molecule has 0 radical (unpaired) electrons. The molecule has 4 rings (SSSR count). The number of nitrogens with two attached hydrogens (primary N) is 1. The summed E-state index contributed by atoms with van der Waals surface area (Å²) in [7, 11) is 0. The van der Waals surface area contributed by atoms with E-state index in [-0.39, 0.29) is 5.91 Å². The van der Waals surface area contributed by atoms with Crippen molar-refractivity contribution in [3.8, 4) is 0 Å². The number of hydrogen-bond donors (Lipinski definition) is 3. The molecule has 3 nitrogen and oxygen atoms in total. The van der Waals surface area contributed by atoms with Gasteiger partial charge in [-0.2, -0.15) is 12.6 Å². The van der Waals surface area contributed by atoms with Crippen LogP contribution in [0, 0.1) is 23.2 Å². The van der Waals surface area contributed by atoms with Gasteiger partial charge in [-0.3, -0.25) is 4.79 Å². The molecule has 4 heteroatoms. The third-order valence-electron chi connectivity index (χ3n) is 5.34. The highest BCUT2D eigenvalue weighted by atomic mass is 32.1. The first-order valence-corrected chi connectivity index (χ1v) is 7.88. The third kappa shape index (κ3) is 2.29. The Hall–Kier alpha value is -0.220. The van der Waals surface area contributed by atoms with Crippen LogP contribution in [0.1, 0.15) is 38.5 Å². The zero-order valence-corrected chi connectivity index (χ0v) is 11.8. The van der Waals surface area contributed by atoms with Gasteiger partial charge in [0.2, 0.25) is 5.91 Å². The van der Waals surface area contributed by atoms with E-state index in [4.69, 9.17) is 5.73 Å². The fourth-order valence-corrected chi connectivity index (χ4v) is 5.16. The molecule has 4 bridgehead atoms. The first-order valence-electron chi connectivity index (χ1n) is 7.24. The maximum absolute atomic E-state index is 11.8. The van der Waals surface area contributed by atoms with E-state index in [9.17, 15) is 4.79 Å². The van der Waals surface area contributed by atoms with Gasteiger partial charge in [0.1, 0.15) is 0 Å². The predicted octanol–water partition coefficient (Wildman–Crippen LogP) is 1.58. The number of carbonyl (C=O) groups is 1. The van der Waals surface area contributed by atoms with Gasteiger partial charge in [-0.25, -0.2) is 0 Å². The molecule has 4 saturated carbocycles. The van der Waals surface area contributed by atoms with Gasteiger partial charge in [0.05, 0.1) is 6.04 Å². The normalized spacial score (nSPS) is 42.9. The van der Waals surface area contributed by atoms with Crippen molar-refractivity contribution in [2.45, 2.75) is 44.6 Å². The Morgan fingerprint density at radius 2 is 1.72 bits per heavy atom. The van der Waals surface area contributed by atoms with Crippen LogP contribution < -0.4 is 11.1 Å². The van der Waals surface area contributed by atoms with E-state index in [1.807, 2.05) is 0 Å². The van der Waals surface area contributed by atoms with Crippen molar-refractivity contribution in [2.24, 2.45) is 28.9 Å². The van der Waals surface area contributed by atoms with Crippen LogP contribution in [0.15, 0.2) is 0 Å². The Kier molecular flexibility index (Phi) is 3.35. The Balaban J connectivity index is 1.61. The molecule has 102 valence electrons. The van der Waals surface area contributed by atoms with Crippen LogP contribution in [0.25, 0.3) is 0 Å². The van der Waals surface area contributed by atoms with Crippen molar-refractivity contribution in [3.05, 3.63) is 0 Å². The third-order valence-corrected chi connectivity index (χ3v) is 5.73. The molecule has 4 aliphatic rings. The first-order chi connectivity index (χ1) is 8.60. The molecule has 0 aromatic heterocycles.